The van der Waals surface area contributed by atoms with E-state index in [9.17, 15) is 0 Å². The van der Waals surface area contributed by atoms with Crippen molar-refractivity contribution in [2.75, 3.05) is 7.11 Å². The van der Waals surface area contributed by atoms with Crippen LogP contribution in [0, 0.1) is 5.41 Å². The normalized spacial score (nSPS) is 15.3. The summed E-state index contributed by atoms with van der Waals surface area (Å²) in [6.45, 7) is 0. The van der Waals surface area contributed by atoms with Gasteiger partial charge >= 0.3 is 0 Å². The molecule has 0 saturated carbocycles. The van der Waals surface area contributed by atoms with Gasteiger partial charge in [0.1, 0.15) is 5.75 Å². The Hall–Kier alpha value is -1.31. The zero-order chi connectivity index (χ0) is 9.26. The molecule has 0 aliphatic heterocycles. The molecule has 2 heteroatoms. The molecule has 1 aromatic carbocycles. The third-order valence-corrected chi connectivity index (χ3v) is 2.51. The van der Waals surface area contributed by atoms with Crippen LogP contribution in [0.2, 0.25) is 0 Å². The lowest BCUT2D eigenvalue weighted by Crippen LogP contribution is -2.12. The van der Waals surface area contributed by atoms with Gasteiger partial charge in [0.2, 0.25) is 0 Å². The predicted octanol–water partition coefficient (Wildman–Crippen LogP) is 2.20. The number of aryl methyl sites for hydroxylation is 1. The van der Waals surface area contributed by atoms with Crippen LogP contribution in [0.5, 0.6) is 5.75 Å². The molecule has 0 unspecified atom stereocenters. The summed E-state index contributed by atoms with van der Waals surface area (Å²) in [5, 5.41) is 7.59. The predicted molar refractivity (Wildman–Crippen MR) is 52.7 cm³/mol. The number of methoxy groups -OCH3 is 1. The molecule has 0 saturated heterocycles. The van der Waals surface area contributed by atoms with Crippen molar-refractivity contribution < 1.29 is 4.74 Å². The van der Waals surface area contributed by atoms with Gasteiger partial charge in [-0.05, 0) is 36.1 Å². The first kappa shape index (κ1) is 8.30. The van der Waals surface area contributed by atoms with Gasteiger partial charge in [0.25, 0.3) is 0 Å². The highest BCUT2D eigenvalue weighted by Gasteiger charge is 2.12. The number of fused-ring (bicyclic) bond motifs is 1. The third-order valence-electron chi connectivity index (χ3n) is 2.51. The highest BCUT2D eigenvalue weighted by molar-refractivity contribution is 5.85. The summed E-state index contributed by atoms with van der Waals surface area (Å²) in [7, 11) is 1.69. The summed E-state index contributed by atoms with van der Waals surface area (Å²) in [4.78, 5) is 0. The second-order valence-corrected chi connectivity index (χ2v) is 3.41. The molecule has 0 aromatic heterocycles. The van der Waals surface area contributed by atoms with Gasteiger partial charge in [0.05, 0.1) is 7.11 Å². The van der Waals surface area contributed by atoms with Crippen LogP contribution in [-0.2, 0) is 12.8 Å². The fraction of sp³-hybridized carbons (Fsp3) is 0.364. The van der Waals surface area contributed by atoms with Gasteiger partial charge in [-0.25, -0.2) is 0 Å². The van der Waals surface area contributed by atoms with Crippen LogP contribution >= 0.6 is 0 Å². The van der Waals surface area contributed by atoms with E-state index < -0.39 is 0 Å². The number of nitrogens with one attached hydrogen (secondary N) is 1. The highest BCUT2D eigenvalue weighted by atomic mass is 16.5. The maximum absolute atomic E-state index is 7.59. The molecular formula is C11H13NO. The minimum atomic E-state index is 0.819. The monoisotopic (exact) mass is 175 g/mol. The summed E-state index contributed by atoms with van der Waals surface area (Å²) < 4.78 is 5.15. The first-order valence-electron chi connectivity index (χ1n) is 4.51. The molecule has 0 fully saturated rings. The van der Waals surface area contributed by atoms with Crippen LogP contribution in [0.1, 0.15) is 17.5 Å². The molecule has 1 aromatic rings. The Morgan fingerprint density at radius 3 is 2.85 bits per heavy atom. The van der Waals surface area contributed by atoms with E-state index in [1.165, 1.54) is 11.1 Å². The van der Waals surface area contributed by atoms with Crippen LogP contribution in [0.3, 0.4) is 0 Å². The van der Waals surface area contributed by atoms with Crippen LogP contribution in [0.4, 0.5) is 0 Å². The largest absolute Gasteiger partial charge is 0.497 e. The lowest BCUT2D eigenvalue weighted by molar-refractivity contribution is 0.414. The molecule has 0 bridgehead atoms. The summed E-state index contributed by atoms with van der Waals surface area (Å²) in [6.07, 6.45) is 2.71. The standard InChI is InChI=1S/C11H13NO/c1-13-11-5-3-8-6-10(12)4-2-9(8)7-11/h3,5,7,12H,2,4,6H2,1H3. The Labute approximate surface area is 78.0 Å². The van der Waals surface area contributed by atoms with Crippen molar-refractivity contribution in [1.29, 1.82) is 5.41 Å². The van der Waals surface area contributed by atoms with Gasteiger partial charge in [0, 0.05) is 12.1 Å². The Bertz CT molecular complexity index is 344. The van der Waals surface area contributed by atoms with Crippen molar-refractivity contribution in [2.24, 2.45) is 0 Å². The Morgan fingerprint density at radius 2 is 2.08 bits per heavy atom. The number of hydrogen-bond acceptors (Lipinski definition) is 2. The summed E-state index contributed by atoms with van der Waals surface area (Å²) in [5.74, 6) is 0.923. The molecule has 1 aliphatic rings. The van der Waals surface area contributed by atoms with Gasteiger partial charge in [0.15, 0.2) is 0 Å². The maximum Gasteiger partial charge on any atom is 0.119 e. The first-order chi connectivity index (χ1) is 6.29. The van der Waals surface area contributed by atoms with Crippen LogP contribution in [0.15, 0.2) is 18.2 Å². The molecule has 2 rings (SSSR count). The van der Waals surface area contributed by atoms with Crippen molar-refractivity contribution in [3.8, 4) is 5.75 Å². The second-order valence-electron chi connectivity index (χ2n) is 3.41. The van der Waals surface area contributed by atoms with E-state index in [4.69, 9.17) is 10.1 Å². The van der Waals surface area contributed by atoms with E-state index >= 15 is 0 Å². The van der Waals surface area contributed by atoms with Crippen molar-refractivity contribution >= 4 is 5.71 Å². The second kappa shape index (κ2) is 3.21. The minimum Gasteiger partial charge on any atom is -0.497 e. The van der Waals surface area contributed by atoms with Gasteiger partial charge < -0.3 is 10.1 Å². The number of ether oxygens (including phenoxy) is 1. The molecule has 0 radical (unpaired) electrons. The van der Waals surface area contributed by atoms with Crippen LogP contribution < -0.4 is 4.74 Å². The fourth-order valence-electron chi connectivity index (χ4n) is 1.74. The average Bonchev–Trinajstić information content (AvgIpc) is 2.17. The SMILES string of the molecule is COc1ccc2c(c1)CCC(=N)C2. The Morgan fingerprint density at radius 1 is 1.23 bits per heavy atom. The lowest BCUT2D eigenvalue weighted by atomic mass is 9.90. The molecule has 0 heterocycles. The summed E-state index contributed by atoms with van der Waals surface area (Å²) in [5.41, 5.74) is 3.48. The van der Waals surface area contributed by atoms with Crippen molar-refractivity contribution in [3.05, 3.63) is 29.3 Å². The quantitative estimate of drug-likeness (QED) is 0.697. The van der Waals surface area contributed by atoms with E-state index in [-0.39, 0.29) is 0 Å². The molecule has 0 atom stereocenters. The number of hydrogen-bond donors (Lipinski definition) is 1. The third kappa shape index (κ3) is 1.57. The van der Waals surface area contributed by atoms with Gasteiger partial charge in [-0.2, -0.15) is 0 Å². The molecule has 68 valence electrons. The van der Waals surface area contributed by atoms with E-state index in [1.807, 2.05) is 6.07 Å². The zero-order valence-corrected chi connectivity index (χ0v) is 7.76. The van der Waals surface area contributed by atoms with Crippen molar-refractivity contribution in [2.45, 2.75) is 19.3 Å². The van der Waals surface area contributed by atoms with Gasteiger partial charge in [-0.1, -0.05) is 6.07 Å². The Kier molecular flexibility index (Phi) is 2.05. The average molecular weight is 175 g/mol. The molecule has 13 heavy (non-hydrogen) atoms. The van der Waals surface area contributed by atoms with E-state index in [0.29, 0.717) is 0 Å². The highest BCUT2D eigenvalue weighted by Crippen LogP contribution is 2.23. The number of benzene rings is 1. The Balaban J connectivity index is 2.36. The smallest absolute Gasteiger partial charge is 0.119 e. The molecule has 1 N–H and O–H groups in total. The summed E-state index contributed by atoms with van der Waals surface area (Å²) in [6, 6.07) is 6.13. The van der Waals surface area contributed by atoms with Crippen molar-refractivity contribution in [1.82, 2.24) is 0 Å². The van der Waals surface area contributed by atoms with Gasteiger partial charge in [-0.15, -0.1) is 0 Å². The maximum atomic E-state index is 7.59. The zero-order valence-electron chi connectivity index (χ0n) is 7.76. The fourth-order valence-corrected chi connectivity index (χ4v) is 1.74. The molecule has 0 amide bonds. The minimum absolute atomic E-state index is 0.819. The van der Waals surface area contributed by atoms with E-state index in [2.05, 4.69) is 12.1 Å². The summed E-state index contributed by atoms with van der Waals surface area (Å²) >= 11 is 0. The van der Waals surface area contributed by atoms with Crippen molar-refractivity contribution in [3.63, 3.8) is 0 Å². The van der Waals surface area contributed by atoms with Crippen LogP contribution in [0.25, 0.3) is 0 Å². The number of rotatable bonds is 1. The molecular weight excluding hydrogens is 162 g/mol. The van der Waals surface area contributed by atoms with Gasteiger partial charge in [-0.3, -0.25) is 0 Å². The molecule has 1 aliphatic carbocycles. The lowest BCUT2D eigenvalue weighted by Gasteiger charge is -2.17. The van der Waals surface area contributed by atoms with Crippen LogP contribution in [-0.4, -0.2) is 12.8 Å². The topological polar surface area (TPSA) is 33.1 Å². The van der Waals surface area contributed by atoms with E-state index in [0.717, 1.165) is 30.7 Å². The molecule has 2 nitrogen and oxygen atoms in total. The van der Waals surface area contributed by atoms with E-state index in [1.54, 1.807) is 7.11 Å². The first-order valence-corrected chi connectivity index (χ1v) is 4.51. The molecule has 0 spiro atoms.